The fraction of sp³-hybridized carbons (Fsp3) is 0.667. The summed E-state index contributed by atoms with van der Waals surface area (Å²) in [6, 6.07) is 0. The lowest BCUT2D eigenvalue weighted by molar-refractivity contribution is 0.101. The topological polar surface area (TPSA) is 34.9 Å². The number of aromatic nitrogens is 2. The zero-order chi connectivity index (χ0) is 11.0. The predicted molar refractivity (Wildman–Crippen MR) is 59.0 cm³/mol. The Morgan fingerprint density at radius 1 is 1.47 bits per heavy atom. The van der Waals surface area contributed by atoms with Crippen molar-refractivity contribution in [3.05, 3.63) is 17.0 Å². The van der Waals surface area contributed by atoms with Crippen molar-refractivity contribution in [3.8, 4) is 0 Å². The van der Waals surface area contributed by atoms with E-state index in [4.69, 9.17) is 0 Å². The van der Waals surface area contributed by atoms with E-state index in [0.29, 0.717) is 0 Å². The van der Waals surface area contributed by atoms with Crippen LogP contribution in [0.25, 0.3) is 0 Å². The minimum atomic E-state index is 0.127. The van der Waals surface area contributed by atoms with Gasteiger partial charge < -0.3 is 0 Å². The number of aryl methyl sites for hydroxylation is 2. The molecule has 0 radical (unpaired) electrons. The van der Waals surface area contributed by atoms with Gasteiger partial charge in [-0.3, -0.25) is 9.48 Å². The van der Waals surface area contributed by atoms with Gasteiger partial charge in [0.15, 0.2) is 5.78 Å². The van der Waals surface area contributed by atoms with Crippen LogP contribution in [0.4, 0.5) is 0 Å². The average Bonchev–Trinajstić information content (AvgIpc) is 2.90. The van der Waals surface area contributed by atoms with E-state index >= 15 is 0 Å². The van der Waals surface area contributed by atoms with Crippen LogP contribution in [0.2, 0.25) is 0 Å². The first kappa shape index (κ1) is 10.4. The third-order valence-corrected chi connectivity index (χ3v) is 3.18. The molecule has 1 fully saturated rings. The highest BCUT2D eigenvalue weighted by Crippen LogP contribution is 2.32. The molecule has 0 saturated heterocycles. The first-order valence-corrected chi connectivity index (χ1v) is 5.64. The van der Waals surface area contributed by atoms with Crippen molar-refractivity contribution in [1.82, 2.24) is 9.78 Å². The maximum absolute atomic E-state index is 11.4. The van der Waals surface area contributed by atoms with E-state index in [-0.39, 0.29) is 5.78 Å². The molecule has 0 spiro atoms. The number of rotatable bonds is 4. The smallest absolute Gasteiger partial charge is 0.163 e. The molecular weight excluding hydrogens is 188 g/mol. The summed E-state index contributed by atoms with van der Waals surface area (Å²) in [4.78, 5) is 11.4. The number of nitrogens with zero attached hydrogens (tertiary/aromatic N) is 2. The second-order valence-electron chi connectivity index (χ2n) is 4.56. The van der Waals surface area contributed by atoms with Crippen LogP contribution in [-0.2, 0) is 6.54 Å². The molecule has 82 valence electrons. The standard InChI is InChI=1S/C12H18N2O/c1-8-12(10(3)15)9(2)14(13-8)7-6-11-4-5-11/h11H,4-7H2,1-3H3. The van der Waals surface area contributed by atoms with Gasteiger partial charge in [-0.05, 0) is 33.1 Å². The van der Waals surface area contributed by atoms with Crippen LogP contribution in [0.5, 0.6) is 0 Å². The highest BCUT2D eigenvalue weighted by molar-refractivity contribution is 5.96. The van der Waals surface area contributed by atoms with Crippen molar-refractivity contribution in [2.24, 2.45) is 5.92 Å². The summed E-state index contributed by atoms with van der Waals surface area (Å²) in [5.74, 6) is 1.04. The molecule has 0 N–H and O–H groups in total. The van der Waals surface area contributed by atoms with Gasteiger partial charge in [-0.25, -0.2) is 0 Å². The van der Waals surface area contributed by atoms with Crippen molar-refractivity contribution in [1.29, 1.82) is 0 Å². The Labute approximate surface area is 90.5 Å². The van der Waals surface area contributed by atoms with E-state index in [1.54, 1.807) is 6.92 Å². The number of carbonyl (C=O) groups is 1. The normalized spacial score (nSPS) is 15.7. The Kier molecular flexibility index (Phi) is 2.63. The van der Waals surface area contributed by atoms with Gasteiger partial charge in [0, 0.05) is 12.2 Å². The van der Waals surface area contributed by atoms with E-state index < -0.39 is 0 Å². The molecule has 0 unspecified atom stereocenters. The summed E-state index contributed by atoms with van der Waals surface area (Å²) < 4.78 is 1.99. The Morgan fingerprint density at radius 3 is 2.60 bits per heavy atom. The van der Waals surface area contributed by atoms with Gasteiger partial charge in [0.25, 0.3) is 0 Å². The van der Waals surface area contributed by atoms with Gasteiger partial charge in [-0.2, -0.15) is 5.10 Å². The molecule has 1 saturated carbocycles. The largest absolute Gasteiger partial charge is 0.294 e. The van der Waals surface area contributed by atoms with Gasteiger partial charge in [0.2, 0.25) is 0 Å². The summed E-state index contributed by atoms with van der Waals surface area (Å²) in [6.07, 6.45) is 3.96. The highest BCUT2D eigenvalue weighted by atomic mass is 16.1. The van der Waals surface area contributed by atoms with Crippen LogP contribution >= 0.6 is 0 Å². The van der Waals surface area contributed by atoms with E-state index in [1.807, 2.05) is 18.5 Å². The lowest BCUT2D eigenvalue weighted by atomic mass is 10.1. The summed E-state index contributed by atoms with van der Waals surface area (Å²) in [5, 5.41) is 4.43. The monoisotopic (exact) mass is 206 g/mol. The van der Waals surface area contributed by atoms with Gasteiger partial charge >= 0.3 is 0 Å². The van der Waals surface area contributed by atoms with Crippen LogP contribution in [0.3, 0.4) is 0 Å². The molecule has 0 atom stereocenters. The first-order valence-electron chi connectivity index (χ1n) is 5.64. The zero-order valence-electron chi connectivity index (χ0n) is 9.71. The van der Waals surface area contributed by atoms with Crippen LogP contribution < -0.4 is 0 Å². The van der Waals surface area contributed by atoms with Gasteiger partial charge in [0.1, 0.15) is 0 Å². The van der Waals surface area contributed by atoms with E-state index in [0.717, 1.165) is 29.4 Å². The SMILES string of the molecule is CC(=O)c1c(C)nn(CCC2CC2)c1C. The molecular formula is C12H18N2O. The Bertz CT molecular complexity index is 389. The van der Waals surface area contributed by atoms with Crippen LogP contribution in [-0.4, -0.2) is 15.6 Å². The van der Waals surface area contributed by atoms with Gasteiger partial charge in [-0.1, -0.05) is 12.8 Å². The van der Waals surface area contributed by atoms with Crippen molar-refractivity contribution in [3.63, 3.8) is 0 Å². The van der Waals surface area contributed by atoms with Crippen molar-refractivity contribution in [2.45, 2.75) is 46.6 Å². The fourth-order valence-electron chi connectivity index (χ4n) is 2.14. The highest BCUT2D eigenvalue weighted by Gasteiger charge is 2.22. The first-order chi connectivity index (χ1) is 7.09. The minimum absolute atomic E-state index is 0.127. The Hall–Kier alpha value is -1.12. The molecule has 1 aliphatic rings. The second-order valence-corrected chi connectivity index (χ2v) is 4.56. The van der Waals surface area contributed by atoms with E-state index in [2.05, 4.69) is 5.10 Å². The third kappa shape index (κ3) is 2.11. The molecule has 2 rings (SSSR count). The molecule has 0 bridgehead atoms. The van der Waals surface area contributed by atoms with Crippen molar-refractivity contribution >= 4 is 5.78 Å². The minimum Gasteiger partial charge on any atom is -0.294 e. The van der Waals surface area contributed by atoms with Crippen molar-refractivity contribution < 1.29 is 4.79 Å². The Morgan fingerprint density at radius 2 is 2.13 bits per heavy atom. The average molecular weight is 206 g/mol. The number of ketones is 1. The molecule has 15 heavy (non-hydrogen) atoms. The van der Waals surface area contributed by atoms with Gasteiger partial charge in [-0.15, -0.1) is 0 Å². The maximum atomic E-state index is 11.4. The van der Waals surface area contributed by atoms with Gasteiger partial charge in [0.05, 0.1) is 11.3 Å². The molecule has 0 aliphatic heterocycles. The fourth-order valence-corrected chi connectivity index (χ4v) is 2.14. The van der Waals surface area contributed by atoms with Crippen LogP contribution in [0.1, 0.15) is 47.9 Å². The zero-order valence-corrected chi connectivity index (χ0v) is 9.71. The molecule has 3 heteroatoms. The number of hydrogen-bond acceptors (Lipinski definition) is 2. The molecule has 1 aromatic heterocycles. The van der Waals surface area contributed by atoms with Crippen LogP contribution in [0, 0.1) is 19.8 Å². The number of hydrogen-bond donors (Lipinski definition) is 0. The number of carbonyl (C=O) groups excluding carboxylic acids is 1. The molecule has 1 aliphatic carbocycles. The van der Waals surface area contributed by atoms with E-state index in [1.165, 1.54) is 19.3 Å². The molecule has 1 aromatic rings. The summed E-state index contributed by atoms with van der Waals surface area (Å²) in [7, 11) is 0. The summed E-state index contributed by atoms with van der Waals surface area (Å²) in [5.41, 5.74) is 2.71. The molecule has 1 heterocycles. The lowest BCUT2D eigenvalue weighted by Gasteiger charge is -2.03. The van der Waals surface area contributed by atoms with E-state index in [9.17, 15) is 4.79 Å². The second kappa shape index (κ2) is 3.80. The van der Waals surface area contributed by atoms with Crippen molar-refractivity contribution in [2.75, 3.05) is 0 Å². The quantitative estimate of drug-likeness (QED) is 0.709. The maximum Gasteiger partial charge on any atom is 0.163 e. The molecule has 0 amide bonds. The predicted octanol–water partition coefficient (Wildman–Crippen LogP) is 2.50. The Balaban J connectivity index is 2.16. The van der Waals surface area contributed by atoms with Crippen LogP contribution in [0.15, 0.2) is 0 Å². The third-order valence-electron chi connectivity index (χ3n) is 3.18. The number of Topliss-reactive ketones (excluding diaryl/α,β-unsaturated/α-hetero) is 1. The summed E-state index contributed by atoms with van der Waals surface area (Å²) >= 11 is 0. The molecule has 0 aromatic carbocycles. The molecule has 3 nitrogen and oxygen atoms in total. The summed E-state index contributed by atoms with van der Waals surface area (Å²) in [6.45, 7) is 6.48. The lowest BCUT2D eigenvalue weighted by Crippen LogP contribution is -2.04.